The van der Waals surface area contributed by atoms with Crippen LogP contribution in [0, 0.1) is 0 Å². The summed E-state index contributed by atoms with van der Waals surface area (Å²) >= 11 is 0. The fraction of sp³-hybridized carbons (Fsp3) is 0. The fourth-order valence-corrected chi connectivity index (χ4v) is 1.02. The number of nitrogen functional groups attached to an aromatic ring is 3. The van der Waals surface area contributed by atoms with Crippen LogP contribution in [0.25, 0.3) is 5.65 Å². The van der Waals surface area contributed by atoms with Gasteiger partial charge in [-0.15, -0.1) is 0 Å². The summed E-state index contributed by atoms with van der Waals surface area (Å²) in [6.45, 7) is 0. The van der Waals surface area contributed by atoms with Gasteiger partial charge in [0.25, 0.3) is 0 Å². The normalized spacial score (nSPS) is 10.7. The van der Waals surface area contributed by atoms with Crippen LogP contribution in [0.4, 0.5) is 17.3 Å². The molecule has 2 rings (SSSR count). The minimum atomic E-state index is 0.340. The van der Waals surface area contributed by atoms with E-state index in [1.807, 2.05) is 0 Å². The Morgan fingerprint density at radius 2 is 2.00 bits per heavy atom. The van der Waals surface area contributed by atoms with Gasteiger partial charge >= 0.3 is 0 Å². The maximum atomic E-state index is 5.60. The van der Waals surface area contributed by atoms with E-state index >= 15 is 0 Å². The number of aromatic nitrogens is 3. The van der Waals surface area contributed by atoms with Crippen molar-refractivity contribution >= 4 is 23.0 Å². The lowest BCUT2D eigenvalue weighted by atomic mass is 10.5. The lowest BCUT2D eigenvalue weighted by Gasteiger charge is -1.99. The number of anilines is 3. The molecule has 0 saturated carbocycles. The number of fused-ring (bicyclic) bond motifs is 1. The maximum Gasteiger partial charge on any atom is 0.182 e. The number of nitrogens with two attached hydrogens (primary N) is 3. The molecule has 0 saturated heterocycles. The summed E-state index contributed by atoms with van der Waals surface area (Å²) in [6.07, 6.45) is 1.48. The third kappa shape index (κ3) is 0.746. The summed E-state index contributed by atoms with van der Waals surface area (Å²) in [5, 5.41) is 3.91. The van der Waals surface area contributed by atoms with Crippen LogP contribution in [0.15, 0.2) is 12.3 Å². The van der Waals surface area contributed by atoms with Gasteiger partial charge in [0.15, 0.2) is 5.65 Å². The van der Waals surface area contributed by atoms with Gasteiger partial charge in [-0.2, -0.15) is 9.61 Å². The van der Waals surface area contributed by atoms with E-state index in [1.54, 1.807) is 0 Å². The van der Waals surface area contributed by atoms with Crippen molar-refractivity contribution in [1.82, 2.24) is 14.6 Å². The van der Waals surface area contributed by atoms with Crippen molar-refractivity contribution in [2.45, 2.75) is 0 Å². The van der Waals surface area contributed by atoms with E-state index in [2.05, 4.69) is 10.1 Å². The smallest absolute Gasteiger partial charge is 0.182 e. The van der Waals surface area contributed by atoms with Gasteiger partial charge in [0.1, 0.15) is 11.6 Å². The molecule has 0 atom stereocenters. The molecule has 12 heavy (non-hydrogen) atoms. The average Bonchev–Trinajstić information content (AvgIpc) is 2.33. The Kier molecular flexibility index (Phi) is 1.12. The SMILES string of the molecule is Nc1cc(N)n2ncc(N)c2n1. The number of hydrogen-bond acceptors (Lipinski definition) is 5. The summed E-state index contributed by atoms with van der Waals surface area (Å²) in [5.41, 5.74) is 17.6. The molecule has 2 aromatic rings. The lowest BCUT2D eigenvalue weighted by molar-refractivity contribution is 0.954. The Balaban J connectivity index is 2.92. The number of hydrogen-bond donors (Lipinski definition) is 3. The zero-order chi connectivity index (χ0) is 8.72. The summed E-state index contributed by atoms with van der Waals surface area (Å²) in [4.78, 5) is 3.97. The maximum absolute atomic E-state index is 5.60. The molecule has 0 aliphatic carbocycles. The van der Waals surface area contributed by atoms with Gasteiger partial charge in [0.2, 0.25) is 0 Å². The second-order valence-electron chi connectivity index (χ2n) is 2.44. The van der Waals surface area contributed by atoms with Crippen molar-refractivity contribution < 1.29 is 0 Å². The highest BCUT2D eigenvalue weighted by atomic mass is 15.3. The molecule has 0 aliphatic rings. The molecule has 0 radical (unpaired) electrons. The molecular formula is C6H8N6. The van der Waals surface area contributed by atoms with Crippen LogP contribution in [0.2, 0.25) is 0 Å². The number of nitrogens with zero attached hydrogens (tertiary/aromatic N) is 3. The monoisotopic (exact) mass is 164 g/mol. The standard InChI is InChI=1S/C6H8N6/c7-3-2-10-12-5(9)1-4(8)11-6(3)12/h1-2H,7,9H2,(H2,8,11). The zero-order valence-corrected chi connectivity index (χ0v) is 6.23. The second-order valence-corrected chi connectivity index (χ2v) is 2.44. The molecule has 0 spiro atoms. The molecule has 2 aromatic heterocycles. The first-order chi connectivity index (χ1) is 5.68. The van der Waals surface area contributed by atoms with Gasteiger partial charge in [-0.3, -0.25) is 0 Å². The van der Waals surface area contributed by atoms with Crippen molar-refractivity contribution in [3.8, 4) is 0 Å². The first-order valence-corrected chi connectivity index (χ1v) is 3.33. The molecule has 0 bridgehead atoms. The van der Waals surface area contributed by atoms with Crippen LogP contribution in [0.1, 0.15) is 0 Å². The van der Waals surface area contributed by atoms with Crippen LogP contribution in [-0.4, -0.2) is 14.6 Å². The minimum Gasteiger partial charge on any atom is -0.394 e. The third-order valence-corrected chi connectivity index (χ3v) is 1.55. The molecule has 0 aromatic carbocycles. The Morgan fingerprint density at radius 1 is 1.25 bits per heavy atom. The van der Waals surface area contributed by atoms with E-state index in [4.69, 9.17) is 17.2 Å². The molecular weight excluding hydrogens is 156 g/mol. The Hall–Kier alpha value is -1.98. The molecule has 0 aliphatic heterocycles. The van der Waals surface area contributed by atoms with Crippen LogP contribution in [-0.2, 0) is 0 Å². The molecule has 0 amide bonds. The molecule has 0 fully saturated rings. The van der Waals surface area contributed by atoms with Gasteiger partial charge in [-0.05, 0) is 0 Å². The van der Waals surface area contributed by atoms with Gasteiger partial charge in [-0.1, -0.05) is 0 Å². The van der Waals surface area contributed by atoms with E-state index in [9.17, 15) is 0 Å². The van der Waals surface area contributed by atoms with E-state index in [0.717, 1.165) is 0 Å². The molecule has 6 nitrogen and oxygen atoms in total. The number of rotatable bonds is 0. The topological polar surface area (TPSA) is 108 Å². The minimum absolute atomic E-state index is 0.340. The molecule has 6 heteroatoms. The van der Waals surface area contributed by atoms with Crippen LogP contribution >= 0.6 is 0 Å². The van der Waals surface area contributed by atoms with E-state index < -0.39 is 0 Å². The van der Waals surface area contributed by atoms with Crippen molar-refractivity contribution in [1.29, 1.82) is 0 Å². The Bertz CT molecular complexity index is 431. The van der Waals surface area contributed by atoms with Gasteiger partial charge in [0, 0.05) is 6.07 Å². The second kappa shape index (κ2) is 2.00. The van der Waals surface area contributed by atoms with E-state index in [1.165, 1.54) is 16.8 Å². The summed E-state index contributed by atoms with van der Waals surface area (Å²) in [7, 11) is 0. The van der Waals surface area contributed by atoms with Crippen LogP contribution in [0.3, 0.4) is 0 Å². The van der Waals surface area contributed by atoms with Crippen molar-refractivity contribution in [2.24, 2.45) is 0 Å². The summed E-state index contributed by atoms with van der Waals surface area (Å²) in [6, 6.07) is 1.53. The first kappa shape index (κ1) is 6.71. The molecule has 62 valence electrons. The highest BCUT2D eigenvalue weighted by molar-refractivity contribution is 5.67. The Morgan fingerprint density at radius 3 is 2.75 bits per heavy atom. The first-order valence-electron chi connectivity index (χ1n) is 3.33. The lowest BCUT2D eigenvalue weighted by Crippen LogP contribution is -2.03. The van der Waals surface area contributed by atoms with Gasteiger partial charge < -0.3 is 17.2 Å². The summed E-state index contributed by atoms with van der Waals surface area (Å²) in [5.74, 6) is 0.765. The van der Waals surface area contributed by atoms with Crippen LogP contribution < -0.4 is 17.2 Å². The van der Waals surface area contributed by atoms with Crippen molar-refractivity contribution in [3.05, 3.63) is 12.3 Å². The zero-order valence-electron chi connectivity index (χ0n) is 6.23. The Labute approximate surface area is 68.0 Å². The molecule has 0 unspecified atom stereocenters. The van der Waals surface area contributed by atoms with Gasteiger partial charge in [-0.25, -0.2) is 4.98 Å². The average molecular weight is 164 g/mol. The highest BCUT2D eigenvalue weighted by Gasteiger charge is 2.04. The predicted molar refractivity (Wildman–Crippen MR) is 46.2 cm³/mol. The van der Waals surface area contributed by atoms with Gasteiger partial charge in [0.05, 0.1) is 11.9 Å². The van der Waals surface area contributed by atoms with Crippen LogP contribution in [0.5, 0.6) is 0 Å². The molecule has 6 N–H and O–H groups in total. The van der Waals surface area contributed by atoms with Crippen molar-refractivity contribution in [3.63, 3.8) is 0 Å². The summed E-state index contributed by atoms with van der Waals surface area (Å²) < 4.78 is 1.44. The largest absolute Gasteiger partial charge is 0.394 e. The fourth-order valence-electron chi connectivity index (χ4n) is 1.02. The van der Waals surface area contributed by atoms with E-state index in [0.29, 0.717) is 23.0 Å². The third-order valence-electron chi connectivity index (χ3n) is 1.55. The van der Waals surface area contributed by atoms with E-state index in [-0.39, 0.29) is 0 Å². The highest BCUT2D eigenvalue weighted by Crippen LogP contribution is 2.15. The molecule has 2 heterocycles. The predicted octanol–water partition coefficient (Wildman–Crippen LogP) is -0.524. The quantitative estimate of drug-likeness (QED) is 0.485. The van der Waals surface area contributed by atoms with Crippen molar-refractivity contribution in [2.75, 3.05) is 17.2 Å².